The molecule has 0 amide bonds. The molecule has 0 unspecified atom stereocenters. The number of hydrogen-bond donors (Lipinski definition) is 0. The first-order valence-corrected chi connectivity index (χ1v) is 13.6. The Labute approximate surface area is 169 Å². The van der Waals surface area contributed by atoms with Crippen molar-refractivity contribution in [1.82, 2.24) is 19.1 Å². The van der Waals surface area contributed by atoms with Gasteiger partial charge >= 0.3 is 0 Å². The van der Waals surface area contributed by atoms with E-state index in [0.717, 1.165) is 46.5 Å². The fraction of sp³-hybridized carbons (Fsp3) is 0.474. The molecule has 0 radical (unpaired) electrons. The van der Waals surface area contributed by atoms with Crippen LogP contribution in [0.1, 0.15) is 0 Å². The predicted octanol–water partition coefficient (Wildman–Crippen LogP) is 4.62. The number of rotatable bonds is 9. The van der Waals surface area contributed by atoms with E-state index in [-0.39, 0.29) is 0 Å². The van der Waals surface area contributed by atoms with Crippen molar-refractivity contribution < 1.29 is 9.47 Å². The van der Waals surface area contributed by atoms with Gasteiger partial charge in [-0.1, -0.05) is 31.8 Å². The second kappa shape index (κ2) is 8.68. The van der Waals surface area contributed by atoms with Gasteiger partial charge in [0.15, 0.2) is 10.6 Å². The van der Waals surface area contributed by atoms with Crippen LogP contribution in [0.3, 0.4) is 0 Å². The monoisotopic (exact) mass is 450 g/mol. The minimum atomic E-state index is -1.08. The Hall–Kier alpha value is -1.48. The average molecular weight is 451 g/mol. The van der Waals surface area contributed by atoms with Crippen molar-refractivity contribution in [3.05, 3.63) is 35.2 Å². The fourth-order valence-corrected chi connectivity index (χ4v) is 3.97. The van der Waals surface area contributed by atoms with E-state index < -0.39 is 8.07 Å². The Kier molecular flexibility index (Phi) is 6.51. The molecule has 0 aliphatic carbocycles. The molecule has 8 heteroatoms. The van der Waals surface area contributed by atoms with Crippen molar-refractivity contribution in [1.29, 1.82) is 0 Å². The lowest BCUT2D eigenvalue weighted by Crippen LogP contribution is -2.22. The van der Waals surface area contributed by atoms with Crippen LogP contribution in [0.2, 0.25) is 25.7 Å². The van der Waals surface area contributed by atoms with E-state index >= 15 is 0 Å². The van der Waals surface area contributed by atoms with Crippen LogP contribution in [0, 0.1) is 0 Å². The number of benzene rings is 1. The third kappa shape index (κ3) is 5.07. The van der Waals surface area contributed by atoms with Crippen molar-refractivity contribution >= 4 is 35.0 Å². The van der Waals surface area contributed by atoms with Crippen LogP contribution in [-0.2, 0) is 22.7 Å². The Bertz CT molecular complexity index is 901. The largest absolute Gasteiger partial charge is 0.383 e. The summed E-state index contributed by atoms with van der Waals surface area (Å²) in [5.74, 6) is 0.842. The molecule has 2 heterocycles. The highest BCUT2D eigenvalue weighted by atomic mass is 79.9. The number of halogens is 1. The van der Waals surface area contributed by atoms with Crippen molar-refractivity contribution in [2.45, 2.75) is 39.0 Å². The molecule has 0 spiro atoms. The number of hydrogen-bond acceptors (Lipinski definition) is 4. The van der Waals surface area contributed by atoms with E-state index in [2.05, 4.69) is 51.2 Å². The van der Waals surface area contributed by atoms with E-state index in [1.165, 1.54) is 0 Å². The van der Waals surface area contributed by atoms with Gasteiger partial charge in [0.1, 0.15) is 12.4 Å². The molecule has 2 aromatic heterocycles. The van der Waals surface area contributed by atoms with E-state index in [9.17, 15) is 0 Å². The molecule has 0 saturated carbocycles. The number of para-hydroxylation sites is 2. The minimum Gasteiger partial charge on any atom is -0.383 e. The summed E-state index contributed by atoms with van der Waals surface area (Å²) in [7, 11) is 0.628. The van der Waals surface area contributed by atoms with Gasteiger partial charge < -0.3 is 18.6 Å². The van der Waals surface area contributed by atoms with E-state index in [1.54, 1.807) is 7.11 Å². The van der Waals surface area contributed by atoms with Crippen LogP contribution < -0.4 is 0 Å². The predicted molar refractivity (Wildman–Crippen MR) is 115 cm³/mol. The Morgan fingerprint density at radius 2 is 1.89 bits per heavy atom. The molecule has 0 fully saturated rings. The molecule has 0 aliphatic heterocycles. The lowest BCUT2D eigenvalue weighted by Gasteiger charge is -2.15. The number of methoxy groups -OCH3 is 1. The zero-order valence-electron chi connectivity index (χ0n) is 16.4. The van der Waals surface area contributed by atoms with E-state index in [1.807, 2.05) is 29.0 Å². The first-order chi connectivity index (χ1) is 12.9. The summed E-state index contributed by atoms with van der Waals surface area (Å²) in [5.41, 5.74) is 2.87. The van der Waals surface area contributed by atoms with Gasteiger partial charge in [-0.3, -0.25) is 0 Å². The Morgan fingerprint density at radius 1 is 1.11 bits per heavy atom. The molecule has 27 heavy (non-hydrogen) atoms. The molecule has 1 aromatic carbocycles. The summed E-state index contributed by atoms with van der Waals surface area (Å²) in [6.45, 7) is 9.67. The maximum Gasteiger partial charge on any atom is 0.179 e. The zero-order chi connectivity index (χ0) is 19.4. The molecular formula is C19H27BrN4O2Si. The number of fused-ring (bicyclic) bond motifs is 1. The third-order valence-corrected chi connectivity index (χ3v) is 6.69. The van der Waals surface area contributed by atoms with Gasteiger partial charge in [-0.15, -0.1) is 0 Å². The van der Waals surface area contributed by atoms with Crippen molar-refractivity contribution in [3.63, 3.8) is 0 Å². The van der Waals surface area contributed by atoms with Gasteiger partial charge in [0.05, 0.1) is 17.6 Å². The molecule has 0 atom stereocenters. The Morgan fingerprint density at radius 3 is 2.63 bits per heavy atom. The number of nitrogens with zero attached hydrogens (tertiary/aromatic N) is 4. The maximum absolute atomic E-state index is 5.86. The van der Waals surface area contributed by atoms with Crippen LogP contribution in [-0.4, -0.2) is 47.5 Å². The van der Waals surface area contributed by atoms with Crippen LogP contribution in [0.25, 0.3) is 22.6 Å². The van der Waals surface area contributed by atoms with Gasteiger partial charge in [0.25, 0.3) is 0 Å². The van der Waals surface area contributed by atoms with Gasteiger partial charge in [-0.2, -0.15) is 0 Å². The summed E-state index contributed by atoms with van der Waals surface area (Å²) >= 11 is 3.55. The second-order valence-corrected chi connectivity index (χ2v) is 14.1. The highest BCUT2D eigenvalue weighted by Crippen LogP contribution is 2.26. The molecule has 0 saturated heterocycles. The molecule has 0 aliphatic rings. The summed E-state index contributed by atoms with van der Waals surface area (Å²) in [5, 5.41) is 0. The van der Waals surface area contributed by atoms with Crippen molar-refractivity contribution in [3.8, 4) is 11.5 Å². The summed E-state index contributed by atoms with van der Waals surface area (Å²) in [6, 6.07) is 9.28. The highest BCUT2D eigenvalue weighted by Gasteiger charge is 2.17. The second-order valence-electron chi connectivity index (χ2n) is 7.78. The highest BCUT2D eigenvalue weighted by molar-refractivity contribution is 9.10. The van der Waals surface area contributed by atoms with Crippen LogP contribution >= 0.6 is 15.9 Å². The molecule has 6 nitrogen and oxygen atoms in total. The van der Waals surface area contributed by atoms with Crippen LogP contribution in [0.15, 0.2) is 35.2 Å². The van der Waals surface area contributed by atoms with Crippen molar-refractivity contribution in [2.24, 2.45) is 0 Å². The molecular weight excluding hydrogens is 424 g/mol. The first-order valence-electron chi connectivity index (χ1n) is 9.14. The number of aromatic nitrogens is 4. The van der Waals surface area contributed by atoms with Crippen LogP contribution in [0.5, 0.6) is 0 Å². The van der Waals surface area contributed by atoms with E-state index in [4.69, 9.17) is 14.5 Å². The number of ether oxygens (including phenoxy) is 2. The standard InChI is InChI=1S/C19H27BrN4O2Si/c1-25-10-9-24-17-8-6-5-7-15(17)21-18(24)16-13-23(19(20)22-16)14-26-11-12-27(2,3)4/h5-8,13H,9-12,14H2,1-4H3. The topological polar surface area (TPSA) is 54.1 Å². The van der Waals surface area contributed by atoms with Gasteiger partial charge in [-0.25, -0.2) is 9.97 Å². The normalized spacial score (nSPS) is 12.2. The lowest BCUT2D eigenvalue weighted by molar-refractivity contribution is 0.0856. The Balaban J connectivity index is 1.82. The number of imidazole rings is 2. The van der Waals surface area contributed by atoms with Gasteiger partial charge in [0, 0.05) is 34.5 Å². The first kappa shape index (κ1) is 20.3. The SMILES string of the molecule is COCCn1c(-c2cn(COCC[Si](C)(C)C)c(Br)n2)nc2ccccc21. The third-order valence-electron chi connectivity index (χ3n) is 4.36. The van der Waals surface area contributed by atoms with Gasteiger partial charge in [0.2, 0.25) is 0 Å². The maximum atomic E-state index is 5.86. The molecule has 3 rings (SSSR count). The summed E-state index contributed by atoms with van der Waals surface area (Å²) < 4.78 is 16.0. The van der Waals surface area contributed by atoms with Crippen LogP contribution in [0.4, 0.5) is 0 Å². The zero-order valence-corrected chi connectivity index (χ0v) is 19.0. The molecule has 146 valence electrons. The van der Waals surface area contributed by atoms with Crippen molar-refractivity contribution in [2.75, 3.05) is 20.3 Å². The minimum absolute atomic E-state index is 0.483. The smallest absolute Gasteiger partial charge is 0.179 e. The molecule has 3 aromatic rings. The lowest BCUT2D eigenvalue weighted by atomic mass is 10.3. The van der Waals surface area contributed by atoms with Gasteiger partial charge in [-0.05, 0) is 34.1 Å². The average Bonchev–Trinajstić information content (AvgIpc) is 3.16. The summed E-state index contributed by atoms with van der Waals surface area (Å²) in [4.78, 5) is 9.45. The molecule has 0 N–H and O–H groups in total. The summed E-state index contributed by atoms with van der Waals surface area (Å²) in [6.07, 6.45) is 1.99. The fourth-order valence-electron chi connectivity index (χ4n) is 2.81. The molecule has 0 bridgehead atoms. The van der Waals surface area contributed by atoms with E-state index in [0.29, 0.717) is 13.3 Å². The quantitative estimate of drug-likeness (QED) is 0.352.